The topological polar surface area (TPSA) is 87.2 Å². The van der Waals surface area contributed by atoms with Gasteiger partial charge in [0, 0.05) is 11.8 Å². The van der Waals surface area contributed by atoms with Crippen LogP contribution in [-0.2, 0) is 19.1 Å². The number of fused-ring (bicyclic) bond motifs is 1. The number of hydrogen-bond acceptors (Lipinski definition) is 6. The third-order valence-electron chi connectivity index (χ3n) is 8.71. The molecule has 0 aromatic heterocycles. The second-order valence-corrected chi connectivity index (χ2v) is 13.1. The van der Waals surface area contributed by atoms with Crippen molar-refractivity contribution in [2.75, 3.05) is 24.7 Å². The van der Waals surface area contributed by atoms with Crippen LogP contribution in [0.2, 0.25) is 5.02 Å². The maximum absolute atomic E-state index is 14.8. The van der Waals surface area contributed by atoms with Gasteiger partial charge in [0.15, 0.2) is 0 Å². The first-order chi connectivity index (χ1) is 20.4. The number of benzene rings is 2. The van der Waals surface area contributed by atoms with Crippen LogP contribution in [0.1, 0.15) is 43.7 Å². The molecule has 7 nitrogen and oxygen atoms in total. The van der Waals surface area contributed by atoms with E-state index in [0.717, 1.165) is 18.4 Å². The van der Waals surface area contributed by atoms with E-state index >= 15 is 0 Å². The standard InChI is InChI=1S/C33H37ClN2O5S/c1-3-5-6-12-20-41-32(40)27-26-17-18-33(42-26)28(27)30(38)36(25(21-37)22-13-8-7-9-14-22)29(33)31(39)35(19-4-2)24-16-11-10-15-23(24)34/h3-4,7-11,13-16,25-29,37H,1-2,5-6,12,17-21H2/t25-,26+,27-,28+,29?,33?/m1/s1. The average Bonchev–Trinajstić information content (AvgIpc) is 3.64. The van der Waals surface area contributed by atoms with Crippen LogP contribution in [0.4, 0.5) is 5.69 Å². The van der Waals surface area contributed by atoms with Gasteiger partial charge >= 0.3 is 5.97 Å². The van der Waals surface area contributed by atoms with E-state index in [1.807, 2.05) is 36.4 Å². The van der Waals surface area contributed by atoms with Gasteiger partial charge in [-0.3, -0.25) is 14.4 Å². The van der Waals surface area contributed by atoms with Crippen LogP contribution in [0, 0.1) is 11.8 Å². The molecule has 0 radical (unpaired) electrons. The van der Waals surface area contributed by atoms with Gasteiger partial charge in [-0.05, 0) is 49.8 Å². The molecule has 42 heavy (non-hydrogen) atoms. The summed E-state index contributed by atoms with van der Waals surface area (Å²) in [6.07, 6.45) is 7.20. The Morgan fingerprint density at radius 3 is 2.57 bits per heavy atom. The van der Waals surface area contributed by atoms with Crippen molar-refractivity contribution in [3.8, 4) is 0 Å². The van der Waals surface area contributed by atoms with Crippen molar-refractivity contribution in [1.29, 1.82) is 0 Å². The van der Waals surface area contributed by atoms with Crippen LogP contribution >= 0.6 is 23.4 Å². The summed E-state index contributed by atoms with van der Waals surface area (Å²) < 4.78 is 4.88. The van der Waals surface area contributed by atoms with Crippen molar-refractivity contribution < 1.29 is 24.2 Å². The Kier molecular flexibility index (Phi) is 9.45. The SMILES string of the molecule is C=CCCCCOC(=O)[C@@H]1[C@@H]2CCC3(S2)C(C(=O)N(CC=C)c2ccccc2Cl)N([C@H](CO)c2ccccc2)C(=O)[C@H]13. The summed E-state index contributed by atoms with van der Waals surface area (Å²) in [5.74, 6) is -2.37. The summed E-state index contributed by atoms with van der Waals surface area (Å²) in [7, 11) is 0. The molecule has 2 aromatic rings. The molecule has 3 saturated heterocycles. The van der Waals surface area contributed by atoms with Crippen molar-refractivity contribution in [3.63, 3.8) is 0 Å². The van der Waals surface area contributed by atoms with E-state index in [4.69, 9.17) is 16.3 Å². The number of halogens is 1. The molecule has 3 aliphatic heterocycles. The molecule has 2 aromatic carbocycles. The fourth-order valence-electron chi connectivity index (χ4n) is 6.92. The number of aliphatic hydroxyl groups is 1. The lowest BCUT2D eigenvalue weighted by Crippen LogP contribution is -2.56. The molecule has 2 amide bonds. The van der Waals surface area contributed by atoms with Crippen molar-refractivity contribution in [3.05, 3.63) is 90.5 Å². The van der Waals surface area contributed by atoms with E-state index in [0.29, 0.717) is 30.0 Å². The number of thioether (sulfide) groups is 1. The number of anilines is 1. The third-order valence-corrected chi connectivity index (χ3v) is 11.0. The van der Waals surface area contributed by atoms with E-state index in [2.05, 4.69) is 13.2 Å². The Morgan fingerprint density at radius 1 is 1.14 bits per heavy atom. The molecule has 6 atom stereocenters. The Bertz CT molecular complexity index is 1340. The number of esters is 1. The van der Waals surface area contributed by atoms with Gasteiger partial charge in [0.25, 0.3) is 5.91 Å². The molecule has 1 N–H and O–H groups in total. The van der Waals surface area contributed by atoms with E-state index in [-0.39, 0.29) is 42.8 Å². The number of hydrogen-bond donors (Lipinski definition) is 1. The van der Waals surface area contributed by atoms with Gasteiger partial charge in [-0.1, -0.05) is 66.2 Å². The van der Waals surface area contributed by atoms with Crippen LogP contribution in [-0.4, -0.2) is 63.6 Å². The zero-order chi connectivity index (χ0) is 29.9. The highest BCUT2D eigenvalue weighted by Gasteiger charge is 2.75. The van der Waals surface area contributed by atoms with Gasteiger partial charge < -0.3 is 19.6 Å². The van der Waals surface area contributed by atoms with Gasteiger partial charge in [-0.2, -0.15) is 0 Å². The number of ether oxygens (including phenoxy) is 1. The van der Waals surface area contributed by atoms with E-state index in [1.54, 1.807) is 51.9 Å². The first kappa shape index (κ1) is 30.4. The zero-order valence-corrected chi connectivity index (χ0v) is 25.1. The number of unbranched alkanes of at least 4 members (excludes halogenated alkanes) is 2. The second kappa shape index (κ2) is 13.1. The van der Waals surface area contributed by atoms with Crippen LogP contribution < -0.4 is 4.90 Å². The molecule has 222 valence electrons. The molecule has 9 heteroatoms. The maximum atomic E-state index is 14.8. The number of carbonyl (C=O) groups excluding carboxylic acids is 3. The summed E-state index contributed by atoms with van der Waals surface area (Å²) in [5.41, 5.74) is 1.24. The minimum atomic E-state index is -0.927. The number of likely N-dealkylation sites (tertiary alicyclic amines) is 1. The molecular formula is C33H37ClN2O5S. The number of para-hydroxylation sites is 1. The van der Waals surface area contributed by atoms with E-state index in [9.17, 15) is 19.5 Å². The number of carbonyl (C=O) groups is 3. The lowest BCUT2D eigenvalue weighted by atomic mass is 9.71. The number of amides is 2. The third kappa shape index (κ3) is 5.29. The fraction of sp³-hybridized carbons (Fsp3) is 0.424. The first-order valence-electron chi connectivity index (χ1n) is 14.5. The Morgan fingerprint density at radius 2 is 1.88 bits per heavy atom. The van der Waals surface area contributed by atoms with Gasteiger partial charge in [-0.25, -0.2) is 0 Å². The van der Waals surface area contributed by atoms with Crippen molar-refractivity contribution in [2.24, 2.45) is 11.8 Å². The first-order valence-corrected chi connectivity index (χ1v) is 15.8. The van der Waals surface area contributed by atoms with Gasteiger partial charge in [-0.15, -0.1) is 24.9 Å². The van der Waals surface area contributed by atoms with E-state index in [1.165, 1.54) is 0 Å². The van der Waals surface area contributed by atoms with Crippen molar-refractivity contribution in [1.82, 2.24) is 4.90 Å². The Hall–Kier alpha value is -3.07. The van der Waals surface area contributed by atoms with Crippen molar-refractivity contribution >= 4 is 46.8 Å². The summed E-state index contributed by atoms with van der Waals surface area (Å²) in [5, 5.41) is 11.0. The molecule has 3 heterocycles. The fourth-order valence-corrected chi connectivity index (χ4v) is 9.34. The molecule has 1 spiro atoms. The molecule has 0 aliphatic carbocycles. The predicted molar refractivity (Wildman–Crippen MR) is 166 cm³/mol. The zero-order valence-electron chi connectivity index (χ0n) is 23.6. The lowest BCUT2D eigenvalue weighted by molar-refractivity contribution is -0.154. The van der Waals surface area contributed by atoms with Crippen LogP contribution in [0.3, 0.4) is 0 Å². The normalized spacial score (nSPS) is 26.5. The molecule has 2 bridgehead atoms. The molecule has 2 unspecified atom stereocenters. The minimum absolute atomic E-state index is 0.116. The number of aliphatic hydroxyl groups excluding tert-OH is 1. The monoisotopic (exact) mass is 608 g/mol. The molecule has 3 fully saturated rings. The highest BCUT2D eigenvalue weighted by Crippen LogP contribution is 2.67. The summed E-state index contributed by atoms with van der Waals surface area (Å²) in [6.45, 7) is 7.68. The highest BCUT2D eigenvalue weighted by molar-refractivity contribution is 8.02. The Labute approximate surface area is 256 Å². The molecule has 3 aliphatic rings. The molecular weight excluding hydrogens is 572 g/mol. The molecule has 5 rings (SSSR count). The predicted octanol–water partition coefficient (Wildman–Crippen LogP) is 5.58. The summed E-state index contributed by atoms with van der Waals surface area (Å²) in [4.78, 5) is 46.0. The van der Waals surface area contributed by atoms with Crippen molar-refractivity contribution in [2.45, 2.75) is 54.2 Å². The largest absolute Gasteiger partial charge is 0.465 e. The average molecular weight is 609 g/mol. The van der Waals surface area contributed by atoms with Crippen LogP contribution in [0.25, 0.3) is 0 Å². The number of allylic oxidation sites excluding steroid dienone is 1. The van der Waals surface area contributed by atoms with Gasteiger partial charge in [0.2, 0.25) is 5.91 Å². The van der Waals surface area contributed by atoms with Gasteiger partial charge in [0.05, 0.1) is 46.5 Å². The number of rotatable bonds is 13. The highest BCUT2D eigenvalue weighted by atomic mass is 35.5. The Balaban J connectivity index is 1.56. The molecule has 0 saturated carbocycles. The summed E-state index contributed by atoms with van der Waals surface area (Å²) in [6, 6.07) is 14.6. The van der Waals surface area contributed by atoms with Crippen LogP contribution in [0.5, 0.6) is 0 Å². The number of nitrogens with zero attached hydrogens (tertiary/aromatic N) is 2. The van der Waals surface area contributed by atoms with Crippen LogP contribution in [0.15, 0.2) is 79.9 Å². The summed E-state index contributed by atoms with van der Waals surface area (Å²) >= 11 is 8.14. The maximum Gasteiger partial charge on any atom is 0.310 e. The minimum Gasteiger partial charge on any atom is -0.465 e. The lowest BCUT2D eigenvalue weighted by Gasteiger charge is -2.39. The quantitative estimate of drug-likeness (QED) is 0.181. The smallest absolute Gasteiger partial charge is 0.310 e. The van der Waals surface area contributed by atoms with E-state index < -0.39 is 28.7 Å². The second-order valence-electron chi connectivity index (χ2n) is 11.1. The van der Waals surface area contributed by atoms with Gasteiger partial charge in [0.1, 0.15) is 6.04 Å².